The van der Waals surface area contributed by atoms with Crippen LogP contribution >= 0.6 is 15.9 Å². The summed E-state index contributed by atoms with van der Waals surface area (Å²) in [5.74, 6) is -0.760. The molecule has 7 heteroatoms. The minimum absolute atomic E-state index is 0.108. The SMILES string of the molecule is CCOc1ccc(C(O)=C2C(=O)C(=O)N(CCN(CC)CC)[C@H]2c2cccc(Br)c2)cc1. The lowest BCUT2D eigenvalue weighted by molar-refractivity contribution is -0.140. The highest BCUT2D eigenvalue weighted by molar-refractivity contribution is 9.10. The molecular weight excluding hydrogens is 472 g/mol. The number of likely N-dealkylation sites (N-methyl/N-ethyl adjacent to an activating group) is 1. The first-order valence-electron chi connectivity index (χ1n) is 10.9. The molecule has 0 bridgehead atoms. The summed E-state index contributed by atoms with van der Waals surface area (Å²) >= 11 is 3.48. The molecule has 1 fully saturated rings. The van der Waals surface area contributed by atoms with Crippen molar-refractivity contribution in [1.29, 1.82) is 0 Å². The predicted octanol–water partition coefficient (Wildman–Crippen LogP) is 4.61. The quantitative estimate of drug-likeness (QED) is 0.309. The Morgan fingerprint density at radius 3 is 2.38 bits per heavy atom. The number of ether oxygens (including phenoxy) is 1. The number of amides is 1. The highest BCUT2D eigenvalue weighted by atomic mass is 79.9. The zero-order valence-electron chi connectivity index (χ0n) is 18.7. The molecule has 1 amide bonds. The van der Waals surface area contributed by atoms with Crippen molar-refractivity contribution in [3.63, 3.8) is 0 Å². The largest absolute Gasteiger partial charge is 0.507 e. The first-order chi connectivity index (χ1) is 15.4. The van der Waals surface area contributed by atoms with Crippen LogP contribution in [0.1, 0.15) is 37.9 Å². The number of aliphatic hydroxyl groups excluding tert-OH is 1. The van der Waals surface area contributed by atoms with Crippen molar-refractivity contribution in [3.8, 4) is 5.75 Å². The maximum absolute atomic E-state index is 13.1. The van der Waals surface area contributed by atoms with E-state index in [1.165, 1.54) is 0 Å². The Labute approximate surface area is 197 Å². The molecule has 0 spiro atoms. The Hall–Kier alpha value is -2.64. The van der Waals surface area contributed by atoms with Gasteiger partial charge in [0.25, 0.3) is 11.7 Å². The molecule has 3 rings (SSSR count). The lowest BCUT2D eigenvalue weighted by Gasteiger charge is -2.28. The minimum atomic E-state index is -0.666. The van der Waals surface area contributed by atoms with Gasteiger partial charge in [-0.3, -0.25) is 9.59 Å². The van der Waals surface area contributed by atoms with E-state index in [9.17, 15) is 14.7 Å². The fourth-order valence-electron chi connectivity index (χ4n) is 3.95. The Morgan fingerprint density at radius 1 is 1.09 bits per heavy atom. The van der Waals surface area contributed by atoms with Crippen molar-refractivity contribution < 1.29 is 19.4 Å². The van der Waals surface area contributed by atoms with Gasteiger partial charge >= 0.3 is 0 Å². The highest BCUT2D eigenvalue weighted by Crippen LogP contribution is 2.40. The number of carbonyl (C=O) groups excluding carboxylic acids is 2. The first kappa shape index (κ1) is 24.0. The number of nitrogens with zero attached hydrogens (tertiary/aromatic N) is 2. The smallest absolute Gasteiger partial charge is 0.295 e. The van der Waals surface area contributed by atoms with Gasteiger partial charge in [0.15, 0.2) is 0 Å². The van der Waals surface area contributed by atoms with Gasteiger partial charge in [-0.2, -0.15) is 0 Å². The van der Waals surface area contributed by atoms with Crippen LogP contribution in [0.25, 0.3) is 5.76 Å². The number of likely N-dealkylation sites (tertiary alicyclic amines) is 1. The maximum Gasteiger partial charge on any atom is 0.295 e. The Balaban J connectivity index is 2.06. The molecule has 170 valence electrons. The van der Waals surface area contributed by atoms with E-state index >= 15 is 0 Å². The van der Waals surface area contributed by atoms with E-state index in [-0.39, 0.29) is 11.3 Å². The summed E-state index contributed by atoms with van der Waals surface area (Å²) in [5, 5.41) is 11.1. The number of hydrogen-bond donors (Lipinski definition) is 1. The van der Waals surface area contributed by atoms with Crippen molar-refractivity contribution in [2.24, 2.45) is 0 Å². The second kappa shape index (κ2) is 10.8. The molecule has 1 N–H and O–H groups in total. The third-order valence-electron chi connectivity index (χ3n) is 5.69. The third-order valence-corrected chi connectivity index (χ3v) is 6.19. The van der Waals surface area contributed by atoms with Gasteiger partial charge in [-0.25, -0.2) is 0 Å². The van der Waals surface area contributed by atoms with Crippen LogP contribution in [0.5, 0.6) is 5.75 Å². The van der Waals surface area contributed by atoms with Crippen molar-refractivity contribution in [3.05, 3.63) is 69.7 Å². The summed E-state index contributed by atoms with van der Waals surface area (Å²) in [7, 11) is 0. The zero-order valence-corrected chi connectivity index (χ0v) is 20.3. The van der Waals surface area contributed by atoms with Crippen molar-refractivity contribution in [2.45, 2.75) is 26.8 Å². The number of hydrogen-bond acceptors (Lipinski definition) is 5. The van der Waals surface area contributed by atoms with E-state index in [0.29, 0.717) is 31.0 Å². The summed E-state index contributed by atoms with van der Waals surface area (Å²) in [6.07, 6.45) is 0. The van der Waals surface area contributed by atoms with Gasteiger partial charge in [-0.1, -0.05) is 41.9 Å². The second-order valence-corrected chi connectivity index (χ2v) is 8.45. The van der Waals surface area contributed by atoms with Gasteiger partial charge in [0, 0.05) is 23.1 Å². The van der Waals surface area contributed by atoms with Crippen LogP contribution in [0.4, 0.5) is 0 Å². The molecule has 2 aromatic carbocycles. The molecule has 1 aliphatic heterocycles. The van der Waals surface area contributed by atoms with Gasteiger partial charge < -0.3 is 19.6 Å². The van der Waals surface area contributed by atoms with Gasteiger partial charge in [0.05, 0.1) is 18.2 Å². The average molecular weight is 501 g/mol. The van der Waals surface area contributed by atoms with Gasteiger partial charge in [-0.15, -0.1) is 0 Å². The maximum atomic E-state index is 13.1. The number of aliphatic hydroxyl groups is 1. The Morgan fingerprint density at radius 2 is 1.78 bits per heavy atom. The first-order valence-corrected chi connectivity index (χ1v) is 11.7. The standard InChI is InChI=1S/C25H29BrN2O4/c1-4-27(5-2)14-15-28-22(18-8-7-9-19(26)16-18)21(24(30)25(28)31)23(29)17-10-12-20(13-11-17)32-6-3/h7-13,16,22,29H,4-6,14-15H2,1-3H3/t22-/m0/s1. The predicted molar refractivity (Wildman–Crippen MR) is 129 cm³/mol. The molecule has 1 heterocycles. The second-order valence-electron chi connectivity index (χ2n) is 7.53. The summed E-state index contributed by atoms with van der Waals surface area (Å²) in [6.45, 7) is 9.31. The molecular formula is C25H29BrN2O4. The van der Waals surface area contributed by atoms with Crippen LogP contribution in [-0.4, -0.2) is 59.4 Å². The van der Waals surface area contributed by atoms with Gasteiger partial charge in [0.2, 0.25) is 0 Å². The summed E-state index contributed by atoms with van der Waals surface area (Å²) in [5.41, 5.74) is 1.35. The third kappa shape index (κ3) is 5.05. The van der Waals surface area contributed by atoms with E-state index in [4.69, 9.17) is 4.74 Å². The number of ketones is 1. The lowest BCUT2D eigenvalue weighted by Crippen LogP contribution is -2.38. The minimum Gasteiger partial charge on any atom is -0.507 e. The van der Waals surface area contributed by atoms with Gasteiger partial charge in [-0.05, 0) is 62.0 Å². The average Bonchev–Trinajstić information content (AvgIpc) is 3.05. The van der Waals surface area contributed by atoms with Crippen LogP contribution in [-0.2, 0) is 9.59 Å². The van der Waals surface area contributed by atoms with Crippen molar-refractivity contribution in [2.75, 3.05) is 32.8 Å². The number of carbonyl (C=O) groups is 2. The summed E-state index contributed by atoms with van der Waals surface area (Å²) in [4.78, 5) is 29.9. The van der Waals surface area contributed by atoms with Gasteiger partial charge in [0.1, 0.15) is 11.5 Å². The van der Waals surface area contributed by atoms with E-state index < -0.39 is 17.7 Å². The fourth-order valence-corrected chi connectivity index (χ4v) is 4.37. The van der Waals surface area contributed by atoms with E-state index in [0.717, 1.165) is 23.1 Å². The number of Topliss-reactive ketones (excluding diaryl/α,β-unsaturated/α-hetero) is 1. The molecule has 6 nitrogen and oxygen atoms in total. The molecule has 0 aromatic heterocycles. The molecule has 1 atom stereocenters. The molecule has 1 aliphatic rings. The number of rotatable bonds is 9. The van der Waals surface area contributed by atoms with Crippen LogP contribution in [0.15, 0.2) is 58.6 Å². The molecule has 32 heavy (non-hydrogen) atoms. The normalized spacial score (nSPS) is 17.9. The molecule has 0 aliphatic carbocycles. The summed E-state index contributed by atoms with van der Waals surface area (Å²) < 4.78 is 6.30. The topological polar surface area (TPSA) is 70.1 Å². The molecule has 0 radical (unpaired) electrons. The molecule has 2 aromatic rings. The molecule has 1 saturated heterocycles. The van der Waals surface area contributed by atoms with Crippen LogP contribution in [0.2, 0.25) is 0 Å². The molecule has 0 unspecified atom stereocenters. The van der Waals surface area contributed by atoms with Crippen LogP contribution in [0.3, 0.4) is 0 Å². The number of benzene rings is 2. The van der Waals surface area contributed by atoms with Crippen LogP contribution in [0, 0.1) is 0 Å². The summed E-state index contributed by atoms with van der Waals surface area (Å²) in [6, 6.07) is 13.7. The monoisotopic (exact) mass is 500 g/mol. The van der Waals surface area contributed by atoms with Crippen molar-refractivity contribution in [1.82, 2.24) is 9.80 Å². The zero-order chi connectivity index (χ0) is 23.3. The van der Waals surface area contributed by atoms with Crippen LogP contribution < -0.4 is 4.74 Å². The van der Waals surface area contributed by atoms with Crippen molar-refractivity contribution >= 4 is 33.4 Å². The lowest BCUT2D eigenvalue weighted by atomic mass is 9.95. The molecule has 0 saturated carbocycles. The highest BCUT2D eigenvalue weighted by Gasteiger charge is 2.46. The number of halogens is 1. The Bertz CT molecular complexity index is 999. The van der Waals surface area contributed by atoms with E-state index in [2.05, 4.69) is 34.7 Å². The van der Waals surface area contributed by atoms with E-state index in [1.807, 2.05) is 31.2 Å². The van der Waals surface area contributed by atoms with E-state index in [1.54, 1.807) is 29.2 Å². The Kier molecular flexibility index (Phi) is 8.10. The fraction of sp³-hybridized carbons (Fsp3) is 0.360.